The highest BCUT2D eigenvalue weighted by Gasteiger charge is 2.40. The van der Waals surface area contributed by atoms with Crippen molar-refractivity contribution in [1.29, 1.82) is 0 Å². The predicted molar refractivity (Wildman–Crippen MR) is 152 cm³/mol. The zero-order valence-corrected chi connectivity index (χ0v) is 23.5. The summed E-state index contributed by atoms with van der Waals surface area (Å²) in [6.45, 7) is 16.9. The number of hydrogen-bond acceptors (Lipinski definition) is 6. The van der Waals surface area contributed by atoms with E-state index in [1.54, 1.807) is 0 Å². The number of piperidine rings is 1. The summed E-state index contributed by atoms with van der Waals surface area (Å²) in [4.78, 5) is 29.1. The van der Waals surface area contributed by atoms with Crippen molar-refractivity contribution in [3.05, 3.63) is 65.2 Å². The fourth-order valence-corrected chi connectivity index (χ4v) is 6.26. The number of likely N-dealkylation sites (tertiary alicyclic amines) is 1. The van der Waals surface area contributed by atoms with Crippen molar-refractivity contribution < 1.29 is 9.53 Å². The number of carbonyl (C=O) groups excluding carboxylic acids is 1. The van der Waals surface area contributed by atoms with Gasteiger partial charge in [-0.25, -0.2) is 9.97 Å². The number of fused-ring (bicyclic) bond motifs is 1. The van der Waals surface area contributed by atoms with Gasteiger partial charge in [-0.15, -0.1) is 0 Å². The molecule has 38 heavy (non-hydrogen) atoms. The van der Waals surface area contributed by atoms with Gasteiger partial charge < -0.3 is 9.64 Å². The summed E-state index contributed by atoms with van der Waals surface area (Å²) in [6.07, 6.45) is 3.51. The van der Waals surface area contributed by atoms with E-state index in [4.69, 9.17) is 4.74 Å². The number of piperazine rings is 1. The first-order valence-electron chi connectivity index (χ1n) is 14.0. The summed E-state index contributed by atoms with van der Waals surface area (Å²) in [7, 11) is 0. The second-order valence-corrected chi connectivity index (χ2v) is 11.2. The van der Waals surface area contributed by atoms with Crippen molar-refractivity contribution in [2.24, 2.45) is 0 Å². The average Bonchev–Trinajstić information content (AvgIpc) is 2.91. The molecule has 0 N–H and O–H groups in total. The standard InChI is InChI=1S/C31H41N5O2/c1-6-38-28-12-11-25(26-9-7-8-10-27(26)28)20-35-17-18-36(19-22(35)2)31(5)13-15-34(16-14-31)30(37)29-23(3)32-21-33-24(29)4/h7-12,21-22H,6,13-20H2,1-5H3/t22-/m0/s1. The molecule has 7 heteroatoms. The Labute approximate surface area is 226 Å². The highest BCUT2D eigenvalue weighted by Crippen LogP contribution is 2.33. The monoisotopic (exact) mass is 515 g/mol. The molecular formula is C31H41N5O2. The van der Waals surface area contributed by atoms with E-state index in [2.05, 4.69) is 70.0 Å². The topological polar surface area (TPSA) is 61.8 Å². The van der Waals surface area contributed by atoms with E-state index in [1.165, 1.54) is 22.7 Å². The summed E-state index contributed by atoms with van der Waals surface area (Å²) in [5.41, 5.74) is 3.67. The molecule has 2 aromatic carbocycles. The second-order valence-electron chi connectivity index (χ2n) is 11.2. The molecule has 7 nitrogen and oxygen atoms in total. The van der Waals surface area contributed by atoms with Crippen LogP contribution in [0, 0.1) is 13.8 Å². The van der Waals surface area contributed by atoms with Gasteiger partial charge in [-0.1, -0.05) is 30.3 Å². The van der Waals surface area contributed by atoms with Gasteiger partial charge in [0.25, 0.3) is 5.91 Å². The van der Waals surface area contributed by atoms with E-state index in [0.717, 1.165) is 69.2 Å². The molecule has 2 aliphatic rings. The summed E-state index contributed by atoms with van der Waals surface area (Å²) in [5.74, 6) is 1.04. The summed E-state index contributed by atoms with van der Waals surface area (Å²) < 4.78 is 5.89. The van der Waals surface area contributed by atoms with Crippen molar-refractivity contribution >= 4 is 16.7 Å². The zero-order valence-electron chi connectivity index (χ0n) is 23.5. The molecule has 2 saturated heterocycles. The van der Waals surface area contributed by atoms with Crippen LogP contribution in [0.25, 0.3) is 10.8 Å². The normalized spacial score (nSPS) is 20.6. The van der Waals surface area contributed by atoms with Crippen LogP contribution >= 0.6 is 0 Å². The van der Waals surface area contributed by atoms with Crippen LogP contribution in [0.1, 0.15) is 60.9 Å². The van der Waals surface area contributed by atoms with E-state index in [1.807, 2.05) is 25.7 Å². The fourth-order valence-electron chi connectivity index (χ4n) is 6.26. The van der Waals surface area contributed by atoms with Gasteiger partial charge in [0.05, 0.1) is 23.6 Å². The lowest BCUT2D eigenvalue weighted by Crippen LogP contribution is -2.61. The number of ether oxygens (including phenoxy) is 1. The molecule has 1 aromatic heterocycles. The molecule has 3 aromatic rings. The van der Waals surface area contributed by atoms with Crippen LogP contribution in [-0.2, 0) is 6.54 Å². The molecule has 0 spiro atoms. The van der Waals surface area contributed by atoms with Crippen LogP contribution in [-0.4, -0.2) is 81.5 Å². The van der Waals surface area contributed by atoms with Gasteiger partial charge in [0.15, 0.2) is 0 Å². The number of amides is 1. The maximum atomic E-state index is 13.3. The number of rotatable bonds is 6. The third-order valence-corrected chi connectivity index (χ3v) is 8.74. The van der Waals surface area contributed by atoms with Crippen LogP contribution < -0.4 is 4.74 Å². The second kappa shape index (κ2) is 11.0. The van der Waals surface area contributed by atoms with E-state index in [0.29, 0.717) is 18.2 Å². The lowest BCUT2D eigenvalue weighted by atomic mass is 9.86. The molecule has 0 aliphatic carbocycles. The Morgan fingerprint density at radius 1 is 1.00 bits per heavy atom. The number of hydrogen-bond donors (Lipinski definition) is 0. The number of aromatic nitrogens is 2. The van der Waals surface area contributed by atoms with Crippen molar-refractivity contribution in [1.82, 2.24) is 24.7 Å². The van der Waals surface area contributed by atoms with Crippen molar-refractivity contribution in [3.8, 4) is 5.75 Å². The molecule has 0 saturated carbocycles. The van der Waals surface area contributed by atoms with Gasteiger partial charge >= 0.3 is 0 Å². The number of nitrogens with zero attached hydrogens (tertiary/aromatic N) is 5. The molecule has 3 heterocycles. The third-order valence-electron chi connectivity index (χ3n) is 8.74. The molecule has 2 fully saturated rings. The van der Waals surface area contributed by atoms with Crippen LogP contribution in [0.2, 0.25) is 0 Å². The first kappa shape index (κ1) is 26.6. The molecule has 0 bridgehead atoms. The number of carbonyl (C=O) groups is 1. The van der Waals surface area contributed by atoms with Gasteiger partial charge in [-0.3, -0.25) is 14.6 Å². The van der Waals surface area contributed by atoms with E-state index in [9.17, 15) is 4.79 Å². The Hall–Kier alpha value is -3.03. The minimum absolute atomic E-state index is 0.0726. The van der Waals surface area contributed by atoms with Crippen molar-refractivity contribution in [2.45, 2.75) is 65.6 Å². The van der Waals surface area contributed by atoms with Gasteiger partial charge in [-0.2, -0.15) is 0 Å². The largest absolute Gasteiger partial charge is 0.493 e. The maximum Gasteiger partial charge on any atom is 0.257 e. The highest BCUT2D eigenvalue weighted by atomic mass is 16.5. The Bertz CT molecular complexity index is 1280. The minimum atomic E-state index is 0.0726. The van der Waals surface area contributed by atoms with Crippen LogP contribution in [0.3, 0.4) is 0 Å². The van der Waals surface area contributed by atoms with Crippen LogP contribution in [0.15, 0.2) is 42.7 Å². The quantitative estimate of drug-likeness (QED) is 0.468. The molecule has 1 atom stereocenters. The lowest BCUT2D eigenvalue weighted by Gasteiger charge is -2.51. The van der Waals surface area contributed by atoms with Crippen molar-refractivity contribution in [3.63, 3.8) is 0 Å². The molecule has 5 rings (SSSR count). The molecule has 2 aliphatic heterocycles. The minimum Gasteiger partial charge on any atom is -0.493 e. The molecule has 202 valence electrons. The number of aryl methyl sites for hydroxylation is 2. The fraction of sp³-hybridized carbons (Fsp3) is 0.516. The highest BCUT2D eigenvalue weighted by molar-refractivity contribution is 5.96. The molecule has 0 unspecified atom stereocenters. The molecule has 1 amide bonds. The Morgan fingerprint density at radius 2 is 1.68 bits per heavy atom. The zero-order chi connectivity index (χ0) is 26.9. The van der Waals surface area contributed by atoms with E-state index < -0.39 is 0 Å². The first-order chi connectivity index (χ1) is 18.3. The summed E-state index contributed by atoms with van der Waals surface area (Å²) >= 11 is 0. The van der Waals surface area contributed by atoms with Crippen LogP contribution in [0.5, 0.6) is 5.75 Å². The first-order valence-corrected chi connectivity index (χ1v) is 14.0. The maximum absolute atomic E-state index is 13.3. The number of benzene rings is 2. The molecular weight excluding hydrogens is 474 g/mol. The van der Waals surface area contributed by atoms with Crippen LogP contribution in [0.4, 0.5) is 0 Å². The molecule has 0 radical (unpaired) electrons. The van der Waals surface area contributed by atoms with Gasteiger partial charge in [0.1, 0.15) is 12.1 Å². The smallest absolute Gasteiger partial charge is 0.257 e. The third kappa shape index (κ3) is 5.14. The average molecular weight is 516 g/mol. The van der Waals surface area contributed by atoms with E-state index >= 15 is 0 Å². The Balaban J connectivity index is 1.22. The summed E-state index contributed by atoms with van der Waals surface area (Å²) in [6, 6.07) is 13.4. The van der Waals surface area contributed by atoms with E-state index in [-0.39, 0.29) is 11.4 Å². The van der Waals surface area contributed by atoms with Gasteiger partial charge in [0, 0.05) is 56.2 Å². The van der Waals surface area contributed by atoms with Crippen molar-refractivity contribution in [2.75, 3.05) is 39.3 Å². The Morgan fingerprint density at radius 3 is 2.34 bits per heavy atom. The predicted octanol–water partition coefficient (Wildman–Crippen LogP) is 4.85. The SMILES string of the molecule is CCOc1ccc(CN2CCN(C3(C)CCN(C(=O)c4c(C)ncnc4C)CC3)C[C@@H]2C)c2ccccc12. The van der Waals surface area contributed by atoms with Gasteiger partial charge in [-0.05, 0) is 64.5 Å². The van der Waals surface area contributed by atoms with Gasteiger partial charge in [0.2, 0.25) is 0 Å². The lowest BCUT2D eigenvalue weighted by molar-refractivity contribution is -0.0191. The summed E-state index contributed by atoms with van der Waals surface area (Å²) in [5, 5.41) is 2.48. The Kier molecular flexibility index (Phi) is 7.68.